The first-order valence-corrected chi connectivity index (χ1v) is 5.91. The third-order valence-electron chi connectivity index (χ3n) is 2.88. The quantitative estimate of drug-likeness (QED) is 0.644. The van der Waals surface area contributed by atoms with E-state index in [2.05, 4.69) is 0 Å². The molecular weight excluding hydrogens is 212 g/mol. The molecule has 0 spiro atoms. The fourth-order valence-electron chi connectivity index (χ4n) is 1.84. The Morgan fingerprint density at radius 1 is 0.941 bits per heavy atom. The molecule has 0 atom stereocenters. The molecule has 0 aliphatic heterocycles. The number of carbonyl (C=O) groups excluding carboxylic acids is 1. The van der Waals surface area contributed by atoms with Gasteiger partial charge in [-0.15, -0.1) is 0 Å². The summed E-state index contributed by atoms with van der Waals surface area (Å²) in [6.07, 6.45) is 4.61. The minimum atomic E-state index is -0.212. The summed E-state index contributed by atoms with van der Waals surface area (Å²) in [5.41, 5.74) is 1.78. The largest absolute Gasteiger partial charge is 0.515 e. The first-order valence-electron chi connectivity index (χ1n) is 5.91. The highest BCUT2D eigenvalue weighted by atomic mass is 16.2. The molecule has 0 aromatic rings. The van der Waals surface area contributed by atoms with Gasteiger partial charge in [0.2, 0.25) is 0 Å². The summed E-state index contributed by atoms with van der Waals surface area (Å²) in [6.45, 7) is 12.1. The zero-order valence-corrected chi connectivity index (χ0v) is 11.6. The van der Waals surface area contributed by atoms with E-state index in [4.69, 9.17) is 0 Å². The molecule has 0 bridgehead atoms. The van der Waals surface area contributed by atoms with Gasteiger partial charge in [-0.25, -0.2) is 0 Å². The first-order chi connectivity index (χ1) is 7.57. The minimum absolute atomic E-state index is 0.0931. The lowest BCUT2D eigenvalue weighted by Crippen LogP contribution is -2.27. The molecule has 0 fully saturated rings. The van der Waals surface area contributed by atoms with Crippen LogP contribution in [0.5, 0.6) is 0 Å². The maximum Gasteiger partial charge on any atom is 0.186 e. The third-order valence-corrected chi connectivity index (χ3v) is 2.88. The molecule has 0 aromatic carbocycles. The molecule has 0 aromatic heterocycles. The normalized spacial score (nSPS) is 17.8. The Kier molecular flexibility index (Phi) is 3.37. The number of carbonyl (C=O) groups is 1. The Labute approximate surface area is 104 Å². The van der Waals surface area contributed by atoms with Crippen molar-refractivity contribution in [2.24, 2.45) is 10.8 Å². The predicted octanol–water partition coefficient (Wildman–Crippen LogP) is 3.96. The van der Waals surface area contributed by atoms with Crippen LogP contribution in [0.25, 0.3) is 0 Å². The molecule has 94 valence electrons. The zero-order valence-electron chi connectivity index (χ0n) is 11.6. The van der Waals surface area contributed by atoms with Gasteiger partial charge in [0.25, 0.3) is 0 Å². The molecule has 1 rings (SSSR count). The van der Waals surface area contributed by atoms with Gasteiger partial charge in [-0.1, -0.05) is 41.5 Å². The summed E-state index contributed by atoms with van der Waals surface area (Å²) in [7, 11) is 0. The van der Waals surface area contributed by atoms with E-state index in [0.717, 1.165) is 17.4 Å². The Balaban J connectivity index is 3.33. The lowest BCUT2D eigenvalue weighted by Gasteiger charge is -2.31. The van der Waals surface area contributed by atoms with Crippen LogP contribution in [0.2, 0.25) is 0 Å². The van der Waals surface area contributed by atoms with Gasteiger partial charge in [0.05, 0.1) is 6.26 Å². The van der Waals surface area contributed by atoms with Crippen LogP contribution in [0, 0.1) is 10.8 Å². The maximum absolute atomic E-state index is 12.4. The maximum atomic E-state index is 12.4. The van der Waals surface area contributed by atoms with E-state index in [1.54, 1.807) is 12.2 Å². The summed E-state index contributed by atoms with van der Waals surface area (Å²) in [5, 5.41) is 9.18. The molecule has 2 heteroatoms. The molecule has 0 unspecified atom stereocenters. The highest BCUT2D eigenvalue weighted by molar-refractivity contribution is 6.11. The smallest absolute Gasteiger partial charge is 0.186 e. The topological polar surface area (TPSA) is 37.3 Å². The van der Waals surface area contributed by atoms with Crippen molar-refractivity contribution in [3.63, 3.8) is 0 Å². The van der Waals surface area contributed by atoms with Crippen molar-refractivity contribution in [3.05, 3.63) is 35.1 Å². The van der Waals surface area contributed by atoms with E-state index in [1.165, 1.54) is 0 Å². The van der Waals surface area contributed by atoms with Crippen LogP contribution >= 0.6 is 0 Å². The van der Waals surface area contributed by atoms with E-state index >= 15 is 0 Å². The standard InChI is InChI=1S/C15H22O2/c1-14(2,3)11-7-10(9-16)8-12(13(11)17)15(4,5)6/h7-9,16H,1-6H3. The molecule has 17 heavy (non-hydrogen) atoms. The number of Topliss-reactive ketones (excluding diaryl/α,β-unsaturated/α-hetero) is 1. The molecule has 2 nitrogen and oxygen atoms in total. The Morgan fingerprint density at radius 3 is 1.53 bits per heavy atom. The summed E-state index contributed by atoms with van der Waals surface area (Å²) in [4.78, 5) is 12.4. The number of allylic oxidation sites excluding steroid dienone is 5. The van der Waals surface area contributed by atoms with Crippen LogP contribution in [-0.4, -0.2) is 10.9 Å². The van der Waals surface area contributed by atoms with Crippen molar-refractivity contribution in [1.29, 1.82) is 0 Å². The highest BCUT2D eigenvalue weighted by Crippen LogP contribution is 2.38. The number of rotatable bonds is 0. The van der Waals surface area contributed by atoms with Gasteiger partial charge < -0.3 is 5.11 Å². The molecular formula is C15H22O2. The summed E-state index contributed by atoms with van der Waals surface area (Å²) in [6, 6.07) is 0. The molecule has 0 saturated heterocycles. The van der Waals surface area contributed by atoms with Gasteiger partial charge in [0, 0.05) is 16.7 Å². The molecule has 0 radical (unpaired) electrons. The van der Waals surface area contributed by atoms with Gasteiger partial charge in [0.15, 0.2) is 5.78 Å². The van der Waals surface area contributed by atoms with Crippen molar-refractivity contribution in [2.45, 2.75) is 41.5 Å². The van der Waals surface area contributed by atoms with E-state index in [-0.39, 0.29) is 16.6 Å². The van der Waals surface area contributed by atoms with Gasteiger partial charge in [-0.05, 0) is 23.0 Å². The molecule has 0 heterocycles. The van der Waals surface area contributed by atoms with Crippen LogP contribution in [0.15, 0.2) is 35.1 Å². The van der Waals surface area contributed by atoms with Gasteiger partial charge in [0.1, 0.15) is 0 Å². The fourth-order valence-corrected chi connectivity index (χ4v) is 1.84. The first kappa shape index (κ1) is 13.8. The molecule has 1 aliphatic carbocycles. The Hall–Kier alpha value is -1.31. The number of ketones is 1. The van der Waals surface area contributed by atoms with E-state index in [0.29, 0.717) is 5.57 Å². The van der Waals surface area contributed by atoms with Gasteiger partial charge in [-0.3, -0.25) is 4.79 Å². The Bertz CT molecular complexity index is 385. The lowest BCUT2D eigenvalue weighted by molar-refractivity contribution is -0.114. The second kappa shape index (κ2) is 4.17. The van der Waals surface area contributed by atoms with Gasteiger partial charge >= 0.3 is 0 Å². The van der Waals surface area contributed by atoms with Gasteiger partial charge in [-0.2, -0.15) is 0 Å². The van der Waals surface area contributed by atoms with Crippen molar-refractivity contribution in [2.75, 3.05) is 0 Å². The van der Waals surface area contributed by atoms with Crippen LogP contribution < -0.4 is 0 Å². The second-order valence-corrected chi connectivity index (χ2v) is 6.57. The van der Waals surface area contributed by atoms with E-state index in [9.17, 15) is 9.90 Å². The minimum Gasteiger partial charge on any atom is -0.515 e. The average Bonchev–Trinajstić information content (AvgIpc) is 2.14. The SMILES string of the molecule is CC(C)(C)C1=CC(=CO)C=C(C(C)(C)C)C1=O. The van der Waals surface area contributed by atoms with Crippen LogP contribution in [0.3, 0.4) is 0 Å². The Morgan fingerprint density at radius 2 is 1.29 bits per heavy atom. The highest BCUT2D eigenvalue weighted by Gasteiger charge is 2.33. The fraction of sp³-hybridized carbons (Fsp3) is 0.533. The lowest BCUT2D eigenvalue weighted by atomic mass is 9.72. The molecule has 0 saturated carbocycles. The number of hydrogen-bond donors (Lipinski definition) is 1. The average molecular weight is 234 g/mol. The zero-order chi connectivity index (χ0) is 13.4. The molecule has 1 aliphatic rings. The molecule has 0 amide bonds. The number of aliphatic hydroxyl groups is 1. The predicted molar refractivity (Wildman–Crippen MR) is 70.8 cm³/mol. The van der Waals surface area contributed by atoms with Crippen molar-refractivity contribution >= 4 is 5.78 Å². The number of hydrogen-bond acceptors (Lipinski definition) is 2. The van der Waals surface area contributed by atoms with E-state index in [1.807, 2.05) is 41.5 Å². The van der Waals surface area contributed by atoms with Crippen LogP contribution in [0.1, 0.15) is 41.5 Å². The van der Waals surface area contributed by atoms with Crippen molar-refractivity contribution in [1.82, 2.24) is 0 Å². The number of aliphatic hydroxyl groups excluding tert-OH is 1. The van der Waals surface area contributed by atoms with Crippen molar-refractivity contribution in [3.8, 4) is 0 Å². The van der Waals surface area contributed by atoms with Crippen LogP contribution in [-0.2, 0) is 4.79 Å². The summed E-state index contributed by atoms with van der Waals surface area (Å²) >= 11 is 0. The molecule has 1 N–H and O–H groups in total. The van der Waals surface area contributed by atoms with Crippen molar-refractivity contribution < 1.29 is 9.90 Å². The summed E-state index contributed by atoms with van der Waals surface area (Å²) < 4.78 is 0. The monoisotopic (exact) mass is 234 g/mol. The summed E-state index contributed by atoms with van der Waals surface area (Å²) in [5.74, 6) is 0.0931. The van der Waals surface area contributed by atoms with Crippen LogP contribution in [0.4, 0.5) is 0 Å². The second-order valence-electron chi connectivity index (χ2n) is 6.57. The van der Waals surface area contributed by atoms with E-state index < -0.39 is 0 Å². The third kappa shape index (κ3) is 2.87.